The maximum atomic E-state index is 12.9. The SMILES string of the molecule is O=C(CCc1ccc2c(c1)CCO2)N[C@@H](Cc1ccccc1)c1nc2ccccc2[nH]1. The number of hydrogen-bond acceptors (Lipinski definition) is 3. The van der Waals surface area contributed by atoms with Crippen molar-refractivity contribution in [3.8, 4) is 5.75 Å². The standard InChI is InChI=1S/C26H25N3O2/c30-25(13-11-19-10-12-24-20(16-19)14-15-31-24)27-23(17-18-6-2-1-3-7-18)26-28-21-8-4-5-9-22(21)29-26/h1-10,12,16,23H,11,13-15,17H2,(H,27,30)(H,28,29)/t23-/m0/s1. The minimum atomic E-state index is -0.212. The van der Waals surface area contributed by atoms with Crippen LogP contribution >= 0.6 is 0 Å². The molecule has 1 aliphatic rings. The largest absolute Gasteiger partial charge is 0.493 e. The van der Waals surface area contributed by atoms with Gasteiger partial charge in [0.15, 0.2) is 0 Å². The van der Waals surface area contributed by atoms with Crippen molar-refractivity contribution in [3.63, 3.8) is 0 Å². The van der Waals surface area contributed by atoms with E-state index in [0.717, 1.165) is 41.2 Å². The third kappa shape index (κ3) is 4.45. The molecule has 2 N–H and O–H groups in total. The van der Waals surface area contributed by atoms with Gasteiger partial charge in [0.2, 0.25) is 5.91 Å². The van der Waals surface area contributed by atoms with Gasteiger partial charge in [-0.2, -0.15) is 0 Å². The highest BCUT2D eigenvalue weighted by Gasteiger charge is 2.19. The van der Waals surface area contributed by atoms with E-state index in [2.05, 4.69) is 34.6 Å². The van der Waals surface area contributed by atoms with Gasteiger partial charge in [0.25, 0.3) is 0 Å². The number of benzene rings is 3. The number of amides is 1. The number of imidazole rings is 1. The summed E-state index contributed by atoms with van der Waals surface area (Å²) in [4.78, 5) is 21.0. The highest BCUT2D eigenvalue weighted by molar-refractivity contribution is 5.78. The van der Waals surface area contributed by atoms with E-state index in [4.69, 9.17) is 9.72 Å². The lowest BCUT2D eigenvalue weighted by Crippen LogP contribution is -2.31. The molecule has 1 atom stereocenters. The van der Waals surface area contributed by atoms with Crippen LogP contribution in [0.3, 0.4) is 0 Å². The van der Waals surface area contributed by atoms with E-state index < -0.39 is 0 Å². The van der Waals surface area contributed by atoms with Gasteiger partial charge < -0.3 is 15.0 Å². The molecule has 1 amide bonds. The van der Waals surface area contributed by atoms with Crippen molar-refractivity contribution in [3.05, 3.63) is 95.3 Å². The number of hydrogen-bond donors (Lipinski definition) is 2. The Balaban J connectivity index is 1.30. The van der Waals surface area contributed by atoms with Gasteiger partial charge in [-0.15, -0.1) is 0 Å². The minimum absolute atomic E-state index is 0.0261. The molecular formula is C26H25N3O2. The number of fused-ring (bicyclic) bond motifs is 2. The number of H-pyrrole nitrogens is 1. The predicted octanol–water partition coefficient (Wildman–Crippen LogP) is 4.53. The van der Waals surface area contributed by atoms with Crippen molar-refractivity contribution in [1.82, 2.24) is 15.3 Å². The summed E-state index contributed by atoms with van der Waals surface area (Å²) in [6.45, 7) is 0.748. The molecule has 0 saturated heterocycles. The monoisotopic (exact) mass is 411 g/mol. The van der Waals surface area contributed by atoms with E-state index in [1.54, 1.807) is 0 Å². The van der Waals surface area contributed by atoms with Crippen LogP contribution in [0.15, 0.2) is 72.8 Å². The van der Waals surface area contributed by atoms with Crippen LogP contribution in [0.5, 0.6) is 5.75 Å². The number of nitrogens with zero attached hydrogens (tertiary/aromatic N) is 1. The van der Waals surface area contributed by atoms with E-state index in [1.165, 1.54) is 11.1 Å². The average molecular weight is 412 g/mol. The molecule has 0 bridgehead atoms. The van der Waals surface area contributed by atoms with E-state index in [-0.39, 0.29) is 11.9 Å². The quantitative estimate of drug-likeness (QED) is 0.470. The minimum Gasteiger partial charge on any atom is -0.493 e. The Morgan fingerprint density at radius 3 is 2.74 bits per heavy atom. The average Bonchev–Trinajstić information content (AvgIpc) is 3.44. The molecule has 0 spiro atoms. The van der Waals surface area contributed by atoms with Gasteiger partial charge in [-0.1, -0.05) is 54.6 Å². The number of nitrogens with one attached hydrogen (secondary N) is 2. The van der Waals surface area contributed by atoms with Crippen molar-refractivity contribution in [2.24, 2.45) is 0 Å². The molecule has 0 unspecified atom stereocenters. The van der Waals surface area contributed by atoms with Gasteiger partial charge in [0.1, 0.15) is 11.6 Å². The normalized spacial score (nSPS) is 13.5. The molecule has 3 aromatic carbocycles. The maximum absolute atomic E-state index is 12.9. The van der Waals surface area contributed by atoms with Gasteiger partial charge in [0, 0.05) is 12.8 Å². The molecule has 0 aliphatic carbocycles. The molecule has 0 fully saturated rings. The molecule has 156 valence electrons. The summed E-state index contributed by atoms with van der Waals surface area (Å²) in [5.41, 5.74) is 5.45. The first-order valence-electron chi connectivity index (χ1n) is 10.8. The first kappa shape index (κ1) is 19.4. The summed E-state index contributed by atoms with van der Waals surface area (Å²) in [6.07, 6.45) is 2.77. The molecule has 5 nitrogen and oxygen atoms in total. The van der Waals surface area contributed by atoms with Crippen LogP contribution in [-0.4, -0.2) is 22.5 Å². The second kappa shape index (κ2) is 8.64. The molecule has 5 heteroatoms. The molecular weight excluding hydrogens is 386 g/mol. The van der Waals surface area contributed by atoms with Gasteiger partial charge in [-0.05, 0) is 47.7 Å². The van der Waals surface area contributed by atoms with E-state index >= 15 is 0 Å². The van der Waals surface area contributed by atoms with Crippen molar-refractivity contribution in [2.45, 2.75) is 31.7 Å². The number of aromatic amines is 1. The number of ether oxygens (including phenoxy) is 1. The first-order valence-corrected chi connectivity index (χ1v) is 10.8. The highest BCUT2D eigenvalue weighted by atomic mass is 16.5. The zero-order valence-corrected chi connectivity index (χ0v) is 17.3. The van der Waals surface area contributed by atoms with Crippen molar-refractivity contribution in [1.29, 1.82) is 0 Å². The summed E-state index contributed by atoms with van der Waals surface area (Å²) >= 11 is 0. The second-order valence-corrected chi connectivity index (χ2v) is 7.99. The molecule has 5 rings (SSSR count). The Morgan fingerprint density at radius 1 is 1.03 bits per heavy atom. The number of aromatic nitrogens is 2. The summed E-state index contributed by atoms with van der Waals surface area (Å²) in [7, 11) is 0. The van der Waals surface area contributed by atoms with Gasteiger partial charge in [-0.25, -0.2) is 4.98 Å². The van der Waals surface area contributed by atoms with Crippen LogP contribution in [0.1, 0.15) is 35.0 Å². The Labute approximate surface area is 181 Å². The summed E-state index contributed by atoms with van der Waals surface area (Å²) in [6, 6.07) is 24.2. The Morgan fingerprint density at radius 2 is 1.87 bits per heavy atom. The molecule has 0 saturated carbocycles. The van der Waals surface area contributed by atoms with E-state index in [9.17, 15) is 4.79 Å². The maximum Gasteiger partial charge on any atom is 0.220 e. The Hall–Kier alpha value is -3.60. The van der Waals surface area contributed by atoms with Crippen LogP contribution < -0.4 is 10.1 Å². The number of aryl methyl sites for hydroxylation is 1. The van der Waals surface area contributed by atoms with Crippen LogP contribution in [0.2, 0.25) is 0 Å². The predicted molar refractivity (Wildman–Crippen MR) is 121 cm³/mol. The molecule has 4 aromatic rings. The van der Waals surface area contributed by atoms with Crippen molar-refractivity contribution < 1.29 is 9.53 Å². The molecule has 31 heavy (non-hydrogen) atoms. The van der Waals surface area contributed by atoms with Crippen molar-refractivity contribution >= 4 is 16.9 Å². The first-order chi connectivity index (χ1) is 15.2. The Kier molecular flexibility index (Phi) is 5.40. The fourth-order valence-corrected chi connectivity index (χ4v) is 4.12. The van der Waals surface area contributed by atoms with Gasteiger partial charge in [-0.3, -0.25) is 4.79 Å². The zero-order chi connectivity index (χ0) is 21.0. The molecule has 0 radical (unpaired) electrons. The highest BCUT2D eigenvalue weighted by Crippen LogP contribution is 2.26. The number of rotatable bonds is 7. The fourth-order valence-electron chi connectivity index (χ4n) is 4.12. The number of carbonyl (C=O) groups is 1. The third-order valence-electron chi connectivity index (χ3n) is 5.75. The van der Waals surface area contributed by atoms with Crippen LogP contribution in [0.4, 0.5) is 0 Å². The zero-order valence-electron chi connectivity index (χ0n) is 17.3. The van der Waals surface area contributed by atoms with E-state index in [1.807, 2.05) is 48.5 Å². The molecule has 1 aromatic heterocycles. The van der Waals surface area contributed by atoms with Gasteiger partial charge in [0.05, 0.1) is 23.7 Å². The van der Waals surface area contributed by atoms with Crippen molar-refractivity contribution in [2.75, 3.05) is 6.61 Å². The number of carbonyl (C=O) groups excluding carboxylic acids is 1. The fraction of sp³-hybridized carbons (Fsp3) is 0.231. The molecule has 1 aliphatic heterocycles. The van der Waals surface area contributed by atoms with Gasteiger partial charge >= 0.3 is 0 Å². The third-order valence-corrected chi connectivity index (χ3v) is 5.75. The van der Waals surface area contributed by atoms with Crippen LogP contribution in [0, 0.1) is 0 Å². The summed E-state index contributed by atoms with van der Waals surface area (Å²) in [5.74, 6) is 1.78. The Bertz CT molecular complexity index is 1170. The molecule has 2 heterocycles. The summed E-state index contributed by atoms with van der Waals surface area (Å²) in [5, 5.41) is 3.21. The lowest BCUT2D eigenvalue weighted by molar-refractivity contribution is -0.121. The van der Waals surface area contributed by atoms with E-state index in [0.29, 0.717) is 19.3 Å². The summed E-state index contributed by atoms with van der Waals surface area (Å²) < 4.78 is 5.57. The number of para-hydroxylation sites is 2. The smallest absolute Gasteiger partial charge is 0.220 e. The topological polar surface area (TPSA) is 67.0 Å². The second-order valence-electron chi connectivity index (χ2n) is 7.99. The van der Waals surface area contributed by atoms with Crippen LogP contribution in [-0.2, 0) is 24.1 Å². The van der Waals surface area contributed by atoms with Crippen LogP contribution in [0.25, 0.3) is 11.0 Å². The lowest BCUT2D eigenvalue weighted by Gasteiger charge is -2.17. The lowest BCUT2D eigenvalue weighted by atomic mass is 10.0.